The highest BCUT2D eigenvalue weighted by molar-refractivity contribution is 5.92. The number of carbonyl (C=O) groups excluding carboxylic acids is 2. The predicted molar refractivity (Wildman–Crippen MR) is 95.3 cm³/mol. The van der Waals surface area contributed by atoms with Gasteiger partial charge in [0, 0.05) is 38.8 Å². The Morgan fingerprint density at radius 2 is 1.96 bits per heavy atom. The third-order valence-corrected chi connectivity index (χ3v) is 6.19. The van der Waals surface area contributed by atoms with Crippen molar-refractivity contribution < 1.29 is 9.59 Å². The van der Waals surface area contributed by atoms with Gasteiger partial charge in [-0.3, -0.25) is 9.59 Å². The molecule has 1 spiro atoms. The third-order valence-electron chi connectivity index (χ3n) is 6.19. The Bertz CT molecular complexity index is 623. The average Bonchev–Trinajstić information content (AvgIpc) is 3.37. The molecule has 3 fully saturated rings. The molecule has 3 aliphatic rings. The monoisotopic (exact) mass is 344 g/mol. The zero-order valence-corrected chi connectivity index (χ0v) is 14.9. The molecule has 25 heavy (non-hydrogen) atoms. The van der Waals surface area contributed by atoms with Crippen molar-refractivity contribution in [2.45, 2.75) is 44.1 Å². The second-order valence-electron chi connectivity index (χ2n) is 7.73. The first kappa shape index (κ1) is 16.6. The van der Waals surface area contributed by atoms with E-state index < -0.39 is 0 Å². The van der Waals surface area contributed by atoms with Crippen LogP contribution in [0.3, 0.4) is 0 Å². The first-order valence-electron chi connectivity index (χ1n) is 9.63. The van der Waals surface area contributed by atoms with Crippen molar-refractivity contribution in [3.05, 3.63) is 24.0 Å². The maximum absolute atomic E-state index is 12.7. The van der Waals surface area contributed by atoms with Crippen molar-refractivity contribution in [3.63, 3.8) is 0 Å². The van der Waals surface area contributed by atoms with E-state index in [1.54, 1.807) is 6.20 Å². The van der Waals surface area contributed by atoms with Crippen LogP contribution in [0.15, 0.2) is 18.3 Å². The Morgan fingerprint density at radius 3 is 2.72 bits per heavy atom. The Balaban J connectivity index is 1.46. The summed E-state index contributed by atoms with van der Waals surface area (Å²) in [5.41, 5.74) is 0.502. The number of carbonyl (C=O) groups is 2. The largest absolute Gasteiger partial charge is 0.357 e. The van der Waals surface area contributed by atoms with Crippen LogP contribution in [0.5, 0.6) is 0 Å². The fourth-order valence-electron chi connectivity index (χ4n) is 4.83. The molecule has 1 N–H and O–H groups in total. The van der Waals surface area contributed by atoms with Crippen LogP contribution in [0, 0.1) is 0 Å². The SMILES string of the molecule is O=C(c1ccc[nH]1)N1CCCC2(CCC(=O)N2CCN2CCCC2)C1. The lowest BCUT2D eigenvalue weighted by atomic mass is 9.86. The Kier molecular flexibility index (Phi) is 4.54. The van der Waals surface area contributed by atoms with Crippen molar-refractivity contribution in [1.29, 1.82) is 0 Å². The van der Waals surface area contributed by atoms with E-state index in [4.69, 9.17) is 0 Å². The molecule has 136 valence electrons. The summed E-state index contributed by atoms with van der Waals surface area (Å²) in [7, 11) is 0. The topological polar surface area (TPSA) is 59.7 Å². The molecule has 4 rings (SSSR count). The molecule has 1 unspecified atom stereocenters. The second kappa shape index (κ2) is 6.83. The van der Waals surface area contributed by atoms with Gasteiger partial charge in [0.05, 0.1) is 5.54 Å². The van der Waals surface area contributed by atoms with E-state index in [2.05, 4.69) is 14.8 Å². The fourth-order valence-corrected chi connectivity index (χ4v) is 4.83. The summed E-state index contributed by atoms with van der Waals surface area (Å²) in [5, 5.41) is 0. The number of piperidine rings is 1. The van der Waals surface area contributed by atoms with Crippen molar-refractivity contribution in [1.82, 2.24) is 19.7 Å². The molecule has 3 aliphatic heterocycles. The van der Waals surface area contributed by atoms with Gasteiger partial charge in [0.1, 0.15) is 5.69 Å². The van der Waals surface area contributed by atoms with Gasteiger partial charge >= 0.3 is 0 Å². The third kappa shape index (κ3) is 3.19. The molecule has 4 heterocycles. The van der Waals surface area contributed by atoms with Crippen LogP contribution < -0.4 is 0 Å². The highest BCUT2D eigenvalue weighted by atomic mass is 16.2. The van der Waals surface area contributed by atoms with Crippen molar-refractivity contribution in [2.75, 3.05) is 39.3 Å². The Morgan fingerprint density at radius 1 is 1.12 bits per heavy atom. The molecule has 6 heteroatoms. The molecule has 1 atom stereocenters. The van der Waals surface area contributed by atoms with E-state index in [-0.39, 0.29) is 17.4 Å². The molecule has 0 saturated carbocycles. The van der Waals surface area contributed by atoms with Crippen molar-refractivity contribution in [3.8, 4) is 0 Å². The summed E-state index contributed by atoms with van der Waals surface area (Å²) in [6.07, 6.45) is 7.85. The van der Waals surface area contributed by atoms with Crippen molar-refractivity contribution >= 4 is 11.8 Å². The maximum atomic E-state index is 12.7. The van der Waals surface area contributed by atoms with E-state index in [1.165, 1.54) is 12.8 Å². The quantitative estimate of drug-likeness (QED) is 0.904. The molecule has 3 saturated heterocycles. The average molecular weight is 344 g/mol. The highest BCUT2D eigenvalue weighted by Gasteiger charge is 2.48. The number of hydrogen-bond acceptors (Lipinski definition) is 3. The molecule has 1 aromatic heterocycles. The van der Waals surface area contributed by atoms with E-state index in [0.29, 0.717) is 18.7 Å². The zero-order chi connectivity index (χ0) is 17.3. The van der Waals surface area contributed by atoms with Crippen LogP contribution in [0.4, 0.5) is 0 Å². The first-order valence-corrected chi connectivity index (χ1v) is 9.63. The number of H-pyrrole nitrogens is 1. The predicted octanol–water partition coefficient (Wildman–Crippen LogP) is 1.71. The Hall–Kier alpha value is -1.82. The molecular weight excluding hydrogens is 316 g/mol. The number of likely N-dealkylation sites (tertiary alicyclic amines) is 3. The van der Waals surface area contributed by atoms with Crippen molar-refractivity contribution in [2.24, 2.45) is 0 Å². The molecule has 6 nitrogen and oxygen atoms in total. The van der Waals surface area contributed by atoms with E-state index in [0.717, 1.165) is 52.0 Å². The van der Waals surface area contributed by atoms with Crippen LogP contribution in [0.25, 0.3) is 0 Å². The maximum Gasteiger partial charge on any atom is 0.270 e. The molecule has 0 aliphatic carbocycles. The lowest BCUT2D eigenvalue weighted by Crippen LogP contribution is -2.58. The van der Waals surface area contributed by atoms with Gasteiger partial charge in [0.2, 0.25) is 5.91 Å². The molecule has 0 aromatic carbocycles. The molecule has 1 aromatic rings. The van der Waals surface area contributed by atoms with Gasteiger partial charge in [-0.1, -0.05) is 0 Å². The fraction of sp³-hybridized carbons (Fsp3) is 0.684. The summed E-state index contributed by atoms with van der Waals surface area (Å²) in [6, 6.07) is 3.68. The summed E-state index contributed by atoms with van der Waals surface area (Å²) in [5.74, 6) is 0.330. The minimum atomic E-state index is -0.142. The van der Waals surface area contributed by atoms with Gasteiger partial charge in [-0.25, -0.2) is 0 Å². The summed E-state index contributed by atoms with van der Waals surface area (Å²) in [6.45, 7) is 5.56. The van der Waals surface area contributed by atoms with E-state index in [1.807, 2.05) is 17.0 Å². The number of aromatic amines is 1. The smallest absolute Gasteiger partial charge is 0.270 e. The lowest BCUT2D eigenvalue weighted by Gasteiger charge is -2.46. The normalized spacial score (nSPS) is 27.6. The Labute approximate surface area is 149 Å². The standard InChI is InChI=1S/C19H28N4O2/c24-17-6-8-19(23(17)14-13-21-10-1-2-11-21)7-4-12-22(15-19)18(25)16-5-3-9-20-16/h3,5,9,20H,1-2,4,6-8,10-15H2. The van der Waals surface area contributed by atoms with Gasteiger partial charge in [-0.05, 0) is 57.3 Å². The number of amides is 2. The van der Waals surface area contributed by atoms with Gasteiger partial charge in [0.25, 0.3) is 5.91 Å². The van der Waals surface area contributed by atoms with E-state index >= 15 is 0 Å². The highest BCUT2D eigenvalue weighted by Crippen LogP contribution is 2.38. The summed E-state index contributed by atoms with van der Waals surface area (Å²) in [4.78, 5) is 34.8. The second-order valence-corrected chi connectivity index (χ2v) is 7.73. The molecule has 0 radical (unpaired) electrons. The van der Waals surface area contributed by atoms with Crippen LogP contribution >= 0.6 is 0 Å². The van der Waals surface area contributed by atoms with E-state index in [9.17, 15) is 9.59 Å². The van der Waals surface area contributed by atoms with Gasteiger partial charge in [-0.15, -0.1) is 0 Å². The lowest BCUT2D eigenvalue weighted by molar-refractivity contribution is -0.132. The first-order chi connectivity index (χ1) is 12.2. The number of aromatic nitrogens is 1. The zero-order valence-electron chi connectivity index (χ0n) is 14.9. The van der Waals surface area contributed by atoms with Crippen LogP contribution in [0.2, 0.25) is 0 Å². The molecule has 0 bridgehead atoms. The van der Waals surface area contributed by atoms with Gasteiger partial charge in [-0.2, -0.15) is 0 Å². The number of nitrogens with one attached hydrogen (secondary N) is 1. The summed E-state index contributed by atoms with van der Waals surface area (Å²) >= 11 is 0. The molecular formula is C19H28N4O2. The minimum absolute atomic E-state index is 0.0583. The van der Waals surface area contributed by atoms with Gasteiger partial charge < -0.3 is 19.7 Å². The van der Waals surface area contributed by atoms with Crippen LogP contribution in [-0.4, -0.2) is 76.3 Å². The van der Waals surface area contributed by atoms with Crippen LogP contribution in [0.1, 0.15) is 49.0 Å². The molecule has 2 amide bonds. The minimum Gasteiger partial charge on any atom is -0.357 e. The van der Waals surface area contributed by atoms with Crippen LogP contribution in [-0.2, 0) is 4.79 Å². The van der Waals surface area contributed by atoms with Gasteiger partial charge in [0.15, 0.2) is 0 Å². The number of hydrogen-bond donors (Lipinski definition) is 1. The number of rotatable bonds is 4. The number of nitrogens with zero attached hydrogens (tertiary/aromatic N) is 3. The summed E-state index contributed by atoms with van der Waals surface area (Å²) < 4.78 is 0.